The van der Waals surface area contributed by atoms with E-state index in [1.807, 2.05) is 27.7 Å². The highest BCUT2D eigenvalue weighted by molar-refractivity contribution is 7.92. The van der Waals surface area contributed by atoms with Gasteiger partial charge in [0.2, 0.25) is 0 Å². The van der Waals surface area contributed by atoms with Crippen LogP contribution in [-0.4, -0.2) is 31.5 Å². The maximum Gasteiger partial charge on any atom is 0.154 e. The third kappa shape index (κ3) is 5.60. The van der Waals surface area contributed by atoms with Crippen LogP contribution >= 0.6 is 0 Å². The van der Waals surface area contributed by atoms with Crippen molar-refractivity contribution in [3.63, 3.8) is 0 Å². The first-order valence-electron chi connectivity index (χ1n) is 5.15. The molecule has 4 heteroatoms. The molecule has 0 aromatic rings. The largest absolute Gasteiger partial charge is 0.311 e. The van der Waals surface area contributed by atoms with Crippen molar-refractivity contribution in [2.45, 2.75) is 51.8 Å². The molecule has 0 rings (SSSR count). The van der Waals surface area contributed by atoms with Gasteiger partial charge in [-0.2, -0.15) is 0 Å². The van der Waals surface area contributed by atoms with Gasteiger partial charge in [0.1, 0.15) is 0 Å². The van der Waals surface area contributed by atoms with Crippen molar-refractivity contribution >= 4 is 9.84 Å². The maximum absolute atomic E-state index is 11.6. The van der Waals surface area contributed by atoms with E-state index in [1.165, 1.54) is 0 Å². The summed E-state index contributed by atoms with van der Waals surface area (Å²) in [6, 6.07) is 0. The standard InChI is InChI=1S/C10H23NO2S/c1-6-7-14(12,13)9(2)8-11-10(3,4)5/h9,11H,6-8H2,1-5H3. The molecular formula is C10H23NO2S. The Bertz CT molecular complexity index is 252. The lowest BCUT2D eigenvalue weighted by molar-refractivity contribution is 0.425. The molecule has 0 amide bonds. The Morgan fingerprint density at radius 3 is 2.14 bits per heavy atom. The summed E-state index contributed by atoms with van der Waals surface area (Å²) >= 11 is 0. The van der Waals surface area contributed by atoms with Crippen LogP contribution in [0.2, 0.25) is 0 Å². The fraction of sp³-hybridized carbons (Fsp3) is 1.00. The minimum Gasteiger partial charge on any atom is -0.311 e. The van der Waals surface area contributed by atoms with Crippen molar-refractivity contribution in [3.8, 4) is 0 Å². The fourth-order valence-corrected chi connectivity index (χ4v) is 2.37. The van der Waals surface area contributed by atoms with E-state index >= 15 is 0 Å². The monoisotopic (exact) mass is 221 g/mol. The zero-order chi connectivity index (χ0) is 11.4. The highest BCUT2D eigenvalue weighted by Crippen LogP contribution is 2.05. The lowest BCUT2D eigenvalue weighted by Crippen LogP contribution is -2.42. The molecule has 0 radical (unpaired) electrons. The molecule has 86 valence electrons. The second-order valence-electron chi connectivity index (χ2n) is 4.81. The summed E-state index contributed by atoms with van der Waals surface area (Å²) in [5.74, 6) is 0.292. The minimum absolute atomic E-state index is 0.0179. The summed E-state index contributed by atoms with van der Waals surface area (Å²) in [5, 5.41) is 2.92. The van der Waals surface area contributed by atoms with Gasteiger partial charge in [-0.15, -0.1) is 0 Å². The molecule has 0 saturated carbocycles. The zero-order valence-corrected chi connectivity index (χ0v) is 10.7. The van der Waals surface area contributed by atoms with Crippen molar-refractivity contribution in [1.29, 1.82) is 0 Å². The van der Waals surface area contributed by atoms with Crippen LogP contribution in [0.5, 0.6) is 0 Å². The second-order valence-corrected chi connectivity index (χ2v) is 7.35. The molecule has 14 heavy (non-hydrogen) atoms. The molecule has 3 nitrogen and oxygen atoms in total. The summed E-state index contributed by atoms with van der Waals surface area (Å²) in [7, 11) is -2.90. The lowest BCUT2D eigenvalue weighted by atomic mass is 10.1. The van der Waals surface area contributed by atoms with Gasteiger partial charge in [0.25, 0.3) is 0 Å². The van der Waals surface area contributed by atoms with Gasteiger partial charge in [-0.1, -0.05) is 6.92 Å². The minimum atomic E-state index is -2.90. The van der Waals surface area contributed by atoms with Gasteiger partial charge in [-0.05, 0) is 34.1 Å². The molecule has 0 aliphatic rings. The lowest BCUT2D eigenvalue weighted by Gasteiger charge is -2.23. The molecule has 0 fully saturated rings. The van der Waals surface area contributed by atoms with E-state index in [4.69, 9.17) is 0 Å². The van der Waals surface area contributed by atoms with Crippen LogP contribution in [0.3, 0.4) is 0 Å². The Morgan fingerprint density at radius 2 is 1.79 bits per heavy atom. The summed E-state index contributed by atoms with van der Waals surface area (Å²) in [5.41, 5.74) is -0.0179. The zero-order valence-electron chi connectivity index (χ0n) is 9.92. The van der Waals surface area contributed by atoms with E-state index in [9.17, 15) is 8.42 Å². The highest BCUT2D eigenvalue weighted by Gasteiger charge is 2.21. The second kappa shape index (κ2) is 5.12. The fourth-order valence-electron chi connectivity index (χ4n) is 1.06. The van der Waals surface area contributed by atoms with Crippen LogP contribution in [0.25, 0.3) is 0 Å². The molecule has 1 N–H and O–H groups in total. The van der Waals surface area contributed by atoms with Gasteiger partial charge in [0, 0.05) is 12.1 Å². The van der Waals surface area contributed by atoms with Gasteiger partial charge in [0.05, 0.1) is 11.0 Å². The number of rotatable bonds is 5. The molecule has 0 aromatic heterocycles. The Kier molecular flexibility index (Phi) is 5.09. The van der Waals surface area contributed by atoms with Gasteiger partial charge >= 0.3 is 0 Å². The van der Waals surface area contributed by atoms with Gasteiger partial charge < -0.3 is 5.32 Å². The van der Waals surface area contributed by atoms with Crippen LogP contribution < -0.4 is 5.32 Å². The van der Waals surface area contributed by atoms with Gasteiger partial charge in [0.15, 0.2) is 9.84 Å². The Balaban J connectivity index is 4.15. The van der Waals surface area contributed by atoms with Gasteiger partial charge in [-0.3, -0.25) is 0 Å². The predicted molar refractivity (Wildman–Crippen MR) is 61.3 cm³/mol. The van der Waals surface area contributed by atoms with Crippen LogP contribution in [0.4, 0.5) is 0 Å². The number of hydrogen-bond acceptors (Lipinski definition) is 3. The molecule has 0 aliphatic carbocycles. The molecule has 0 aliphatic heterocycles. The summed E-state index contributed by atoms with van der Waals surface area (Å²) in [4.78, 5) is 0. The van der Waals surface area contributed by atoms with E-state index < -0.39 is 9.84 Å². The first-order valence-corrected chi connectivity index (χ1v) is 6.87. The average molecular weight is 221 g/mol. The summed E-state index contributed by atoms with van der Waals surface area (Å²) in [6.45, 7) is 10.3. The number of sulfone groups is 1. The highest BCUT2D eigenvalue weighted by atomic mass is 32.2. The van der Waals surface area contributed by atoms with Crippen molar-refractivity contribution in [3.05, 3.63) is 0 Å². The third-order valence-electron chi connectivity index (χ3n) is 2.02. The molecule has 0 aromatic carbocycles. The molecule has 1 unspecified atom stereocenters. The Hall–Kier alpha value is -0.0900. The first kappa shape index (κ1) is 13.9. The van der Waals surface area contributed by atoms with Crippen LogP contribution in [0.15, 0.2) is 0 Å². The summed E-state index contributed by atoms with van der Waals surface area (Å²) < 4.78 is 23.2. The van der Waals surface area contributed by atoms with E-state index in [0.717, 1.165) is 0 Å². The van der Waals surface area contributed by atoms with E-state index in [1.54, 1.807) is 6.92 Å². The average Bonchev–Trinajstić information content (AvgIpc) is 1.98. The SMILES string of the molecule is CCCS(=O)(=O)C(C)CNC(C)(C)C. The molecule has 0 bridgehead atoms. The van der Waals surface area contributed by atoms with Crippen LogP contribution in [0.1, 0.15) is 41.0 Å². The van der Waals surface area contributed by atoms with Crippen molar-refractivity contribution in [1.82, 2.24) is 5.32 Å². The number of nitrogens with one attached hydrogen (secondary N) is 1. The molecule has 0 heterocycles. The topological polar surface area (TPSA) is 46.2 Å². The summed E-state index contributed by atoms with van der Waals surface area (Å²) in [6.07, 6.45) is 0.697. The van der Waals surface area contributed by atoms with Crippen LogP contribution in [-0.2, 0) is 9.84 Å². The van der Waals surface area contributed by atoms with E-state index in [2.05, 4.69) is 5.32 Å². The van der Waals surface area contributed by atoms with E-state index in [0.29, 0.717) is 18.7 Å². The molecular weight excluding hydrogens is 198 g/mol. The van der Waals surface area contributed by atoms with Gasteiger partial charge in [-0.25, -0.2) is 8.42 Å². The van der Waals surface area contributed by atoms with Crippen molar-refractivity contribution < 1.29 is 8.42 Å². The maximum atomic E-state index is 11.6. The third-order valence-corrected chi connectivity index (χ3v) is 4.39. The predicted octanol–water partition coefficient (Wildman–Crippen LogP) is 1.59. The van der Waals surface area contributed by atoms with Crippen LogP contribution in [0, 0.1) is 0 Å². The first-order chi connectivity index (χ1) is 6.19. The number of hydrogen-bond donors (Lipinski definition) is 1. The Labute approximate surface area is 88.2 Å². The van der Waals surface area contributed by atoms with E-state index in [-0.39, 0.29) is 10.8 Å². The Morgan fingerprint density at radius 1 is 1.29 bits per heavy atom. The molecule has 0 spiro atoms. The normalized spacial score (nSPS) is 15.5. The smallest absolute Gasteiger partial charge is 0.154 e. The van der Waals surface area contributed by atoms with Crippen molar-refractivity contribution in [2.75, 3.05) is 12.3 Å². The quantitative estimate of drug-likeness (QED) is 0.767. The van der Waals surface area contributed by atoms with Crippen molar-refractivity contribution in [2.24, 2.45) is 0 Å². The molecule has 0 saturated heterocycles. The molecule has 1 atom stereocenters.